The number of carbonyl (C=O) groups is 3. The van der Waals surface area contributed by atoms with Crippen LogP contribution in [-0.4, -0.2) is 47.0 Å². The molecule has 1 atom stereocenters. The average Bonchev–Trinajstić information content (AvgIpc) is 2.95. The fraction of sp³-hybridized carbons (Fsp3) is 0.400. The fourth-order valence-corrected chi connectivity index (χ4v) is 2.45. The van der Waals surface area contributed by atoms with Crippen molar-refractivity contribution in [1.82, 2.24) is 4.90 Å². The number of hydrogen-bond donors (Lipinski definition) is 2. The van der Waals surface area contributed by atoms with Gasteiger partial charge >= 0.3 is 5.97 Å². The van der Waals surface area contributed by atoms with Crippen LogP contribution < -0.4 is 10.5 Å². The number of rotatable bonds is 6. The molecular formula is C15H18N2O5. The van der Waals surface area contributed by atoms with Crippen LogP contribution in [0.5, 0.6) is 5.75 Å². The van der Waals surface area contributed by atoms with E-state index in [-0.39, 0.29) is 18.9 Å². The van der Waals surface area contributed by atoms with Gasteiger partial charge in [-0.2, -0.15) is 0 Å². The van der Waals surface area contributed by atoms with E-state index in [1.165, 1.54) is 4.90 Å². The Morgan fingerprint density at radius 1 is 1.27 bits per heavy atom. The molecule has 0 saturated carbocycles. The van der Waals surface area contributed by atoms with Crippen molar-refractivity contribution in [2.24, 2.45) is 5.73 Å². The summed E-state index contributed by atoms with van der Waals surface area (Å²) in [5, 5.41) is 9.05. The van der Waals surface area contributed by atoms with Crippen molar-refractivity contribution >= 4 is 17.8 Å². The lowest BCUT2D eigenvalue weighted by Crippen LogP contribution is -2.42. The Morgan fingerprint density at radius 2 is 1.95 bits per heavy atom. The largest absolute Gasteiger partial charge is 0.484 e. The number of ether oxygens (including phenoxy) is 1. The molecule has 0 bridgehead atoms. The van der Waals surface area contributed by atoms with Crippen LogP contribution in [0.4, 0.5) is 0 Å². The summed E-state index contributed by atoms with van der Waals surface area (Å²) in [5.41, 5.74) is 5.86. The highest BCUT2D eigenvalue weighted by molar-refractivity contribution is 5.85. The third kappa shape index (κ3) is 3.97. The highest BCUT2D eigenvalue weighted by atomic mass is 16.5. The monoisotopic (exact) mass is 306 g/mol. The molecule has 2 rings (SSSR count). The van der Waals surface area contributed by atoms with Gasteiger partial charge in [0.1, 0.15) is 11.8 Å². The minimum atomic E-state index is -0.985. The molecule has 1 fully saturated rings. The highest BCUT2D eigenvalue weighted by Crippen LogP contribution is 2.18. The van der Waals surface area contributed by atoms with Gasteiger partial charge in [0.05, 0.1) is 6.42 Å². The van der Waals surface area contributed by atoms with Crippen molar-refractivity contribution in [3.63, 3.8) is 0 Å². The predicted octanol–water partition coefficient (Wildman–Crippen LogP) is 0.169. The van der Waals surface area contributed by atoms with Gasteiger partial charge in [0.2, 0.25) is 5.91 Å². The summed E-state index contributed by atoms with van der Waals surface area (Å²) in [4.78, 5) is 35.2. The Kier molecular flexibility index (Phi) is 4.98. The van der Waals surface area contributed by atoms with E-state index in [1.807, 2.05) is 0 Å². The van der Waals surface area contributed by atoms with Gasteiger partial charge in [0.15, 0.2) is 6.61 Å². The summed E-state index contributed by atoms with van der Waals surface area (Å²) in [5.74, 6) is -1.27. The van der Waals surface area contributed by atoms with E-state index in [1.54, 1.807) is 24.3 Å². The van der Waals surface area contributed by atoms with Crippen molar-refractivity contribution in [2.75, 3.05) is 13.2 Å². The number of hydrogen-bond acceptors (Lipinski definition) is 4. The zero-order valence-electron chi connectivity index (χ0n) is 12.0. The lowest BCUT2D eigenvalue weighted by atomic mass is 10.1. The zero-order valence-corrected chi connectivity index (χ0v) is 12.0. The van der Waals surface area contributed by atoms with E-state index >= 15 is 0 Å². The van der Waals surface area contributed by atoms with Gasteiger partial charge in [-0.25, -0.2) is 4.79 Å². The molecule has 1 heterocycles. The van der Waals surface area contributed by atoms with Gasteiger partial charge in [-0.15, -0.1) is 0 Å². The third-order valence-electron chi connectivity index (χ3n) is 3.52. The molecule has 2 amide bonds. The Hall–Kier alpha value is -2.57. The van der Waals surface area contributed by atoms with Crippen LogP contribution in [-0.2, 0) is 20.8 Å². The number of likely N-dealkylation sites (tertiary alicyclic amines) is 1. The van der Waals surface area contributed by atoms with Crippen LogP contribution in [0.25, 0.3) is 0 Å². The van der Waals surface area contributed by atoms with Crippen LogP contribution in [0.3, 0.4) is 0 Å². The lowest BCUT2D eigenvalue weighted by Gasteiger charge is -2.21. The summed E-state index contributed by atoms with van der Waals surface area (Å²) in [6.45, 7) is 0.232. The topological polar surface area (TPSA) is 110 Å². The second-order valence-electron chi connectivity index (χ2n) is 5.16. The van der Waals surface area contributed by atoms with Crippen molar-refractivity contribution in [3.05, 3.63) is 29.8 Å². The summed E-state index contributed by atoms with van der Waals surface area (Å²) < 4.78 is 5.37. The molecule has 1 saturated heterocycles. The van der Waals surface area contributed by atoms with Crippen molar-refractivity contribution in [1.29, 1.82) is 0 Å². The van der Waals surface area contributed by atoms with E-state index in [4.69, 9.17) is 15.6 Å². The van der Waals surface area contributed by atoms with Crippen LogP contribution in [0.1, 0.15) is 18.4 Å². The summed E-state index contributed by atoms with van der Waals surface area (Å²) in [6, 6.07) is 5.92. The van der Waals surface area contributed by atoms with Gasteiger partial charge in [-0.1, -0.05) is 12.1 Å². The quantitative estimate of drug-likeness (QED) is 0.778. The molecule has 0 aliphatic carbocycles. The molecule has 1 aromatic rings. The molecule has 7 nitrogen and oxygen atoms in total. The Morgan fingerprint density at radius 3 is 2.55 bits per heavy atom. The molecule has 0 spiro atoms. The first-order chi connectivity index (χ1) is 10.5. The van der Waals surface area contributed by atoms with Gasteiger partial charge in [-0.05, 0) is 30.5 Å². The maximum atomic E-state index is 12.0. The number of carboxylic acid groups (broad SMARTS) is 1. The number of nitrogens with zero attached hydrogens (tertiary/aromatic N) is 1. The number of carbonyl (C=O) groups excluding carboxylic acids is 2. The standard InChI is InChI=1S/C15H18N2O5/c16-13(18)8-10-3-5-11(6-4-10)22-9-14(19)17-7-1-2-12(17)15(20)21/h3-6,12H,1-2,7-9H2,(H2,16,18)(H,20,21). The van der Waals surface area contributed by atoms with E-state index in [9.17, 15) is 14.4 Å². The third-order valence-corrected chi connectivity index (χ3v) is 3.52. The van der Waals surface area contributed by atoms with Crippen LogP contribution in [0.2, 0.25) is 0 Å². The van der Waals surface area contributed by atoms with E-state index in [0.717, 1.165) is 5.56 Å². The minimum Gasteiger partial charge on any atom is -0.484 e. The Labute approximate surface area is 127 Å². The van der Waals surface area contributed by atoms with Crippen LogP contribution in [0.15, 0.2) is 24.3 Å². The van der Waals surface area contributed by atoms with Gasteiger partial charge < -0.3 is 20.5 Å². The first-order valence-corrected chi connectivity index (χ1v) is 6.99. The first kappa shape index (κ1) is 15.8. The first-order valence-electron chi connectivity index (χ1n) is 6.99. The van der Waals surface area contributed by atoms with Crippen LogP contribution in [0, 0.1) is 0 Å². The average molecular weight is 306 g/mol. The number of nitrogens with two attached hydrogens (primary N) is 1. The lowest BCUT2D eigenvalue weighted by molar-refractivity contribution is -0.148. The van der Waals surface area contributed by atoms with Crippen molar-refractivity contribution in [3.8, 4) is 5.75 Å². The second-order valence-corrected chi connectivity index (χ2v) is 5.16. The van der Waals surface area contributed by atoms with E-state index in [0.29, 0.717) is 25.1 Å². The minimum absolute atomic E-state index is 0.146. The Bertz CT molecular complexity index is 570. The summed E-state index contributed by atoms with van der Waals surface area (Å²) >= 11 is 0. The number of amides is 2. The van der Waals surface area contributed by atoms with E-state index < -0.39 is 17.9 Å². The smallest absolute Gasteiger partial charge is 0.326 e. The van der Waals surface area contributed by atoms with Crippen molar-refractivity contribution < 1.29 is 24.2 Å². The maximum absolute atomic E-state index is 12.0. The molecule has 3 N–H and O–H groups in total. The van der Waals surface area contributed by atoms with Crippen LogP contribution >= 0.6 is 0 Å². The summed E-state index contributed by atoms with van der Waals surface area (Å²) in [7, 11) is 0. The molecular weight excluding hydrogens is 288 g/mol. The zero-order chi connectivity index (χ0) is 16.1. The SMILES string of the molecule is NC(=O)Cc1ccc(OCC(=O)N2CCCC2C(=O)O)cc1. The number of benzene rings is 1. The predicted molar refractivity (Wildman–Crippen MR) is 77.2 cm³/mol. The summed E-state index contributed by atoms with van der Waals surface area (Å²) in [6.07, 6.45) is 1.31. The normalized spacial score (nSPS) is 17.3. The molecule has 1 aliphatic heterocycles. The molecule has 1 aliphatic rings. The molecule has 7 heteroatoms. The molecule has 22 heavy (non-hydrogen) atoms. The number of carboxylic acids is 1. The molecule has 0 radical (unpaired) electrons. The number of aliphatic carboxylic acids is 1. The Balaban J connectivity index is 1.88. The molecule has 0 aromatic heterocycles. The van der Waals surface area contributed by atoms with Gasteiger partial charge in [0.25, 0.3) is 5.91 Å². The maximum Gasteiger partial charge on any atom is 0.326 e. The van der Waals surface area contributed by atoms with Gasteiger partial charge in [0, 0.05) is 6.54 Å². The van der Waals surface area contributed by atoms with E-state index in [2.05, 4.69) is 0 Å². The fourth-order valence-electron chi connectivity index (χ4n) is 2.45. The molecule has 118 valence electrons. The second kappa shape index (κ2) is 6.93. The molecule has 1 unspecified atom stereocenters. The number of primary amides is 1. The highest BCUT2D eigenvalue weighted by Gasteiger charge is 2.33. The van der Waals surface area contributed by atoms with Crippen molar-refractivity contribution in [2.45, 2.75) is 25.3 Å². The molecule has 1 aromatic carbocycles. The van der Waals surface area contributed by atoms with Gasteiger partial charge in [-0.3, -0.25) is 9.59 Å².